The normalized spacial score (nSPS) is 17.4. The van der Waals surface area contributed by atoms with E-state index in [0.29, 0.717) is 23.8 Å². The molecule has 1 aromatic rings. The Morgan fingerprint density at radius 2 is 1.65 bits per heavy atom. The van der Waals surface area contributed by atoms with Crippen LogP contribution < -0.4 is 4.31 Å². The summed E-state index contributed by atoms with van der Waals surface area (Å²) in [6.45, 7) is 3.03. The summed E-state index contributed by atoms with van der Waals surface area (Å²) in [5, 5.41) is 0.522. The van der Waals surface area contributed by atoms with Crippen LogP contribution in [-0.4, -0.2) is 44.6 Å². The molecule has 1 aliphatic heterocycles. The van der Waals surface area contributed by atoms with Gasteiger partial charge in [0.1, 0.15) is 6.04 Å². The first kappa shape index (κ1) is 18.1. The van der Waals surface area contributed by atoms with Crippen molar-refractivity contribution in [3.63, 3.8) is 0 Å². The number of anilines is 1. The number of halogens is 1. The van der Waals surface area contributed by atoms with E-state index in [1.807, 2.05) is 0 Å². The molecule has 1 aromatic carbocycles. The third kappa shape index (κ3) is 4.61. The second-order valence-electron chi connectivity index (χ2n) is 5.95. The highest BCUT2D eigenvalue weighted by Crippen LogP contribution is 2.24. The summed E-state index contributed by atoms with van der Waals surface area (Å²) in [5.41, 5.74) is 0.451. The number of likely N-dealkylation sites (tertiary alicyclic amines) is 1. The number of nitrogens with zero attached hydrogens (tertiary/aromatic N) is 2. The standard InChI is InChI=1S/C16H23ClN2O3S/c1-13(16(20)18-11-5-3-4-6-12-18)19(23(2,21)22)15-9-7-14(17)8-10-15/h7-10,13H,3-6,11-12H2,1-2H3/t13-/m0/s1. The minimum atomic E-state index is -3.58. The largest absolute Gasteiger partial charge is 0.341 e. The lowest BCUT2D eigenvalue weighted by Gasteiger charge is -2.32. The quantitative estimate of drug-likeness (QED) is 0.831. The summed E-state index contributed by atoms with van der Waals surface area (Å²) >= 11 is 5.87. The van der Waals surface area contributed by atoms with E-state index in [0.717, 1.165) is 31.9 Å². The summed E-state index contributed by atoms with van der Waals surface area (Å²) in [5.74, 6) is -0.146. The molecule has 0 spiro atoms. The fourth-order valence-corrected chi connectivity index (χ4v) is 4.24. The summed E-state index contributed by atoms with van der Waals surface area (Å²) in [6.07, 6.45) is 5.29. The number of carbonyl (C=O) groups excluding carboxylic acids is 1. The molecule has 1 aliphatic rings. The minimum absolute atomic E-state index is 0.146. The first-order chi connectivity index (χ1) is 10.8. The number of rotatable bonds is 4. The summed E-state index contributed by atoms with van der Waals surface area (Å²) < 4.78 is 25.6. The van der Waals surface area contributed by atoms with Gasteiger partial charge in [0.2, 0.25) is 15.9 Å². The van der Waals surface area contributed by atoms with Crippen molar-refractivity contribution in [2.24, 2.45) is 0 Å². The molecule has 1 saturated heterocycles. The molecule has 1 amide bonds. The van der Waals surface area contributed by atoms with Gasteiger partial charge < -0.3 is 4.90 Å². The van der Waals surface area contributed by atoms with Crippen molar-refractivity contribution < 1.29 is 13.2 Å². The smallest absolute Gasteiger partial charge is 0.246 e. The van der Waals surface area contributed by atoms with Crippen LogP contribution in [0.2, 0.25) is 5.02 Å². The van der Waals surface area contributed by atoms with Gasteiger partial charge in [-0.3, -0.25) is 9.10 Å². The molecule has 2 rings (SSSR count). The molecule has 128 valence electrons. The van der Waals surface area contributed by atoms with Gasteiger partial charge in [-0.2, -0.15) is 0 Å². The molecule has 7 heteroatoms. The average molecular weight is 359 g/mol. The van der Waals surface area contributed by atoms with Crippen molar-refractivity contribution in [2.75, 3.05) is 23.7 Å². The molecule has 0 radical (unpaired) electrons. The maximum atomic E-state index is 12.8. The highest BCUT2D eigenvalue weighted by molar-refractivity contribution is 7.92. The zero-order valence-corrected chi connectivity index (χ0v) is 15.1. The van der Waals surface area contributed by atoms with Crippen LogP contribution in [0.25, 0.3) is 0 Å². The van der Waals surface area contributed by atoms with Crippen LogP contribution in [0.5, 0.6) is 0 Å². The van der Waals surface area contributed by atoms with Crippen molar-refractivity contribution in [2.45, 2.75) is 38.6 Å². The van der Waals surface area contributed by atoms with Crippen molar-refractivity contribution in [1.82, 2.24) is 4.90 Å². The van der Waals surface area contributed by atoms with Crippen LogP contribution in [0.1, 0.15) is 32.6 Å². The van der Waals surface area contributed by atoms with Gasteiger partial charge in [0.25, 0.3) is 0 Å². The van der Waals surface area contributed by atoms with Gasteiger partial charge in [-0.05, 0) is 44.0 Å². The molecule has 0 aliphatic carbocycles. The van der Waals surface area contributed by atoms with E-state index in [4.69, 9.17) is 11.6 Å². The maximum Gasteiger partial charge on any atom is 0.246 e. The van der Waals surface area contributed by atoms with Gasteiger partial charge in [0, 0.05) is 18.1 Å². The highest BCUT2D eigenvalue weighted by Gasteiger charge is 2.32. The molecule has 0 N–H and O–H groups in total. The van der Waals surface area contributed by atoms with Crippen LogP contribution in [0.15, 0.2) is 24.3 Å². The third-order valence-electron chi connectivity index (χ3n) is 4.07. The van der Waals surface area contributed by atoms with Crippen molar-refractivity contribution >= 4 is 33.2 Å². The predicted molar refractivity (Wildman–Crippen MR) is 93.3 cm³/mol. The third-order valence-corrected chi connectivity index (χ3v) is 5.56. The van der Waals surface area contributed by atoms with E-state index in [1.54, 1.807) is 36.1 Å². The zero-order chi connectivity index (χ0) is 17.0. The number of benzene rings is 1. The first-order valence-electron chi connectivity index (χ1n) is 7.84. The van der Waals surface area contributed by atoms with Gasteiger partial charge in [-0.1, -0.05) is 24.4 Å². The van der Waals surface area contributed by atoms with Gasteiger partial charge in [0.15, 0.2) is 0 Å². The van der Waals surface area contributed by atoms with Crippen LogP contribution in [0, 0.1) is 0 Å². The SMILES string of the molecule is C[C@@H](C(=O)N1CCCCCC1)N(c1ccc(Cl)cc1)S(C)(=O)=O. The van der Waals surface area contributed by atoms with Crippen LogP contribution in [-0.2, 0) is 14.8 Å². The molecule has 23 heavy (non-hydrogen) atoms. The Morgan fingerprint density at radius 3 is 2.13 bits per heavy atom. The number of carbonyl (C=O) groups is 1. The summed E-state index contributed by atoms with van der Waals surface area (Å²) in [6, 6.07) is 5.71. The lowest BCUT2D eigenvalue weighted by atomic mass is 10.2. The Bertz CT molecular complexity index is 638. The van der Waals surface area contributed by atoms with Crippen LogP contribution >= 0.6 is 11.6 Å². The number of hydrogen-bond donors (Lipinski definition) is 0. The minimum Gasteiger partial charge on any atom is -0.341 e. The van der Waals surface area contributed by atoms with Crippen LogP contribution in [0.4, 0.5) is 5.69 Å². The van der Waals surface area contributed by atoms with E-state index in [1.165, 1.54) is 4.31 Å². The second kappa shape index (κ2) is 7.53. The van der Waals surface area contributed by atoms with E-state index < -0.39 is 16.1 Å². The second-order valence-corrected chi connectivity index (χ2v) is 8.25. The molecule has 0 unspecified atom stereocenters. The predicted octanol–water partition coefficient (Wildman–Crippen LogP) is 2.90. The summed E-state index contributed by atoms with van der Waals surface area (Å²) in [4.78, 5) is 14.6. The molecule has 5 nitrogen and oxygen atoms in total. The van der Waals surface area contributed by atoms with Crippen molar-refractivity contribution in [3.8, 4) is 0 Å². The van der Waals surface area contributed by atoms with Gasteiger partial charge >= 0.3 is 0 Å². The first-order valence-corrected chi connectivity index (χ1v) is 10.1. The Hall–Kier alpha value is -1.27. The summed E-state index contributed by atoms with van der Waals surface area (Å²) in [7, 11) is -3.58. The Balaban J connectivity index is 2.27. The Morgan fingerprint density at radius 1 is 1.13 bits per heavy atom. The fourth-order valence-electron chi connectivity index (χ4n) is 2.95. The number of sulfonamides is 1. The van der Waals surface area contributed by atoms with E-state index >= 15 is 0 Å². The highest BCUT2D eigenvalue weighted by atomic mass is 35.5. The maximum absolute atomic E-state index is 12.8. The molecule has 0 saturated carbocycles. The van der Waals surface area contributed by atoms with E-state index in [-0.39, 0.29) is 5.91 Å². The average Bonchev–Trinajstić information content (AvgIpc) is 2.76. The molecule has 1 heterocycles. The number of hydrogen-bond acceptors (Lipinski definition) is 3. The fraction of sp³-hybridized carbons (Fsp3) is 0.562. The molecule has 0 aromatic heterocycles. The van der Waals surface area contributed by atoms with Crippen molar-refractivity contribution in [1.29, 1.82) is 0 Å². The van der Waals surface area contributed by atoms with E-state index in [9.17, 15) is 13.2 Å². The molecular formula is C16H23ClN2O3S. The van der Waals surface area contributed by atoms with Crippen LogP contribution in [0.3, 0.4) is 0 Å². The lowest BCUT2D eigenvalue weighted by molar-refractivity contribution is -0.131. The topological polar surface area (TPSA) is 57.7 Å². The monoisotopic (exact) mass is 358 g/mol. The van der Waals surface area contributed by atoms with Gasteiger partial charge in [-0.25, -0.2) is 8.42 Å². The number of amides is 1. The Labute approximate surface area is 143 Å². The van der Waals surface area contributed by atoms with Gasteiger partial charge in [0.05, 0.1) is 11.9 Å². The molecule has 0 bridgehead atoms. The zero-order valence-electron chi connectivity index (χ0n) is 13.5. The molecular weight excluding hydrogens is 336 g/mol. The van der Waals surface area contributed by atoms with Crippen molar-refractivity contribution in [3.05, 3.63) is 29.3 Å². The molecule has 1 fully saturated rings. The lowest BCUT2D eigenvalue weighted by Crippen LogP contribution is -2.49. The molecule has 1 atom stereocenters. The van der Waals surface area contributed by atoms with Gasteiger partial charge in [-0.15, -0.1) is 0 Å². The Kier molecular flexibility index (Phi) is 5.92. The van der Waals surface area contributed by atoms with E-state index in [2.05, 4.69) is 0 Å².